The summed E-state index contributed by atoms with van der Waals surface area (Å²) < 4.78 is 40.0. The second-order valence-electron chi connectivity index (χ2n) is 7.28. The zero-order valence-corrected chi connectivity index (χ0v) is 15.5. The first-order valence-corrected chi connectivity index (χ1v) is 9.05. The lowest BCUT2D eigenvalue weighted by Crippen LogP contribution is -2.48. The smallest absolute Gasteiger partial charge is 0.253 e. The average molecular weight is 390 g/mol. The molecule has 2 aromatic carbocycles. The lowest BCUT2D eigenvalue weighted by atomic mass is 9.79. The van der Waals surface area contributed by atoms with Crippen molar-refractivity contribution in [1.29, 1.82) is 0 Å². The Kier molecular flexibility index (Phi) is 5.72. The van der Waals surface area contributed by atoms with Crippen molar-refractivity contribution in [2.45, 2.75) is 26.3 Å². The summed E-state index contributed by atoms with van der Waals surface area (Å²) in [5, 5.41) is 2.70. The molecule has 0 aliphatic carbocycles. The van der Waals surface area contributed by atoms with Gasteiger partial charge in [0.2, 0.25) is 5.91 Å². The molecule has 1 aliphatic rings. The summed E-state index contributed by atoms with van der Waals surface area (Å²) in [5.74, 6) is -2.36. The first-order chi connectivity index (χ1) is 13.3. The summed E-state index contributed by atoms with van der Waals surface area (Å²) in [5.41, 5.74) is -0.216. The highest BCUT2D eigenvalue weighted by atomic mass is 19.1. The Morgan fingerprint density at radius 3 is 2.36 bits per heavy atom. The van der Waals surface area contributed by atoms with Crippen LogP contribution in [0.3, 0.4) is 0 Å². The van der Waals surface area contributed by atoms with Crippen molar-refractivity contribution >= 4 is 11.8 Å². The van der Waals surface area contributed by atoms with Crippen LogP contribution in [0, 0.1) is 22.9 Å². The van der Waals surface area contributed by atoms with E-state index in [0.29, 0.717) is 25.9 Å². The summed E-state index contributed by atoms with van der Waals surface area (Å²) in [6.07, 6.45) is 0.873. The van der Waals surface area contributed by atoms with Gasteiger partial charge >= 0.3 is 0 Å². The van der Waals surface area contributed by atoms with Gasteiger partial charge in [-0.25, -0.2) is 13.2 Å². The van der Waals surface area contributed by atoms with E-state index in [0.717, 1.165) is 12.1 Å². The number of benzene rings is 2. The molecule has 28 heavy (non-hydrogen) atoms. The van der Waals surface area contributed by atoms with Crippen molar-refractivity contribution in [3.05, 3.63) is 71.0 Å². The first-order valence-electron chi connectivity index (χ1n) is 9.05. The van der Waals surface area contributed by atoms with Crippen LogP contribution in [0.25, 0.3) is 0 Å². The van der Waals surface area contributed by atoms with Crippen LogP contribution in [0.1, 0.15) is 35.7 Å². The third-order valence-electron chi connectivity index (χ3n) is 5.23. The minimum absolute atomic E-state index is 0.0352. The van der Waals surface area contributed by atoms with Crippen molar-refractivity contribution in [3.63, 3.8) is 0 Å². The van der Waals surface area contributed by atoms with E-state index >= 15 is 0 Å². The van der Waals surface area contributed by atoms with Gasteiger partial charge < -0.3 is 10.2 Å². The molecule has 4 nitrogen and oxygen atoms in total. The summed E-state index contributed by atoms with van der Waals surface area (Å²) in [6, 6.07) is 8.73. The molecule has 1 N–H and O–H groups in total. The Balaban J connectivity index is 1.57. The Bertz CT molecular complexity index is 893. The molecule has 0 spiro atoms. The SMILES string of the molecule is CC1(C(=O)NCc2ccc(F)cc2F)CCN(C(=O)c2cccc(F)c2)CC1. The molecular formula is C21H21F3N2O2. The molecular weight excluding hydrogens is 369 g/mol. The predicted octanol–water partition coefficient (Wildman–Crippen LogP) is 3.66. The van der Waals surface area contributed by atoms with Crippen LogP contribution in [-0.4, -0.2) is 29.8 Å². The van der Waals surface area contributed by atoms with Gasteiger partial charge in [-0.3, -0.25) is 9.59 Å². The van der Waals surface area contributed by atoms with E-state index < -0.39 is 22.9 Å². The number of piperidine rings is 1. The monoisotopic (exact) mass is 390 g/mol. The number of hydrogen-bond donors (Lipinski definition) is 1. The fourth-order valence-electron chi connectivity index (χ4n) is 3.29. The van der Waals surface area contributed by atoms with E-state index in [4.69, 9.17) is 0 Å². The highest BCUT2D eigenvalue weighted by Gasteiger charge is 2.38. The van der Waals surface area contributed by atoms with Gasteiger partial charge in [0.25, 0.3) is 5.91 Å². The lowest BCUT2D eigenvalue weighted by molar-refractivity contribution is -0.132. The molecule has 0 radical (unpaired) electrons. The van der Waals surface area contributed by atoms with Crippen molar-refractivity contribution < 1.29 is 22.8 Å². The standard InChI is InChI=1S/C21H21F3N2O2/c1-21(20(28)25-13-15-5-6-17(23)12-18(15)24)7-9-26(10-8-21)19(27)14-3-2-4-16(22)11-14/h2-6,11-12H,7-10,13H2,1H3,(H,25,28). The number of halogens is 3. The molecule has 1 aliphatic heterocycles. The quantitative estimate of drug-likeness (QED) is 0.866. The summed E-state index contributed by atoms with van der Waals surface area (Å²) >= 11 is 0. The van der Waals surface area contributed by atoms with Gasteiger partial charge in [-0.1, -0.05) is 19.1 Å². The van der Waals surface area contributed by atoms with Gasteiger partial charge in [0.1, 0.15) is 17.5 Å². The predicted molar refractivity (Wildman–Crippen MR) is 97.8 cm³/mol. The molecule has 0 aromatic heterocycles. The summed E-state index contributed by atoms with van der Waals surface area (Å²) in [7, 11) is 0. The topological polar surface area (TPSA) is 49.4 Å². The van der Waals surface area contributed by atoms with Gasteiger partial charge in [0, 0.05) is 42.2 Å². The van der Waals surface area contributed by atoms with Crippen LogP contribution in [0.4, 0.5) is 13.2 Å². The minimum Gasteiger partial charge on any atom is -0.351 e. The maximum absolute atomic E-state index is 13.7. The maximum atomic E-state index is 13.7. The van der Waals surface area contributed by atoms with Crippen LogP contribution in [0.5, 0.6) is 0 Å². The van der Waals surface area contributed by atoms with E-state index in [1.165, 1.54) is 24.3 Å². The second-order valence-corrected chi connectivity index (χ2v) is 7.28. The van der Waals surface area contributed by atoms with Gasteiger partial charge in [-0.05, 0) is 37.1 Å². The number of rotatable bonds is 4. The normalized spacial score (nSPS) is 15.9. The molecule has 0 saturated carbocycles. The summed E-state index contributed by atoms with van der Waals surface area (Å²) in [6.45, 7) is 2.49. The molecule has 0 bridgehead atoms. The van der Waals surface area contributed by atoms with Gasteiger partial charge in [-0.2, -0.15) is 0 Å². The number of hydrogen-bond acceptors (Lipinski definition) is 2. The Morgan fingerprint density at radius 1 is 1.04 bits per heavy atom. The van der Waals surface area contributed by atoms with Crippen molar-refractivity contribution in [1.82, 2.24) is 10.2 Å². The summed E-state index contributed by atoms with van der Waals surface area (Å²) in [4.78, 5) is 26.7. The van der Waals surface area contributed by atoms with Crippen molar-refractivity contribution in [3.8, 4) is 0 Å². The highest BCUT2D eigenvalue weighted by molar-refractivity contribution is 5.94. The van der Waals surface area contributed by atoms with E-state index in [9.17, 15) is 22.8 Å². The molecule has 0 unspecified atom stereocenters. The van der Waals surface area contributed by atoms with E-state index in [2.05, 4.69) is 5.32 Å². The van der Waals surface area contributed by atoms with Crippen LogP contribution in [0.2, 0.25) is 0 Å². The number of carbonyl (C=O) groups is 2. The van der Waals surface area contributed by atoms with Crippen molar-refractivity contribution in [2.24, 2.45) is 5.41 Å². The number of nitrogens with one attached hydrogen (secondary N) is 1. The Labute approximate surface area is 161 Å². The zero-order chi connectivity index (χ0) is 20.3. The fourth-order valence-corrected chi connectivity index (χ4v) is 3.29. The number of nitrogens with zero attached hydrogens (tertiary/aromatic N) is 1. The van der Waals surface area contributed by atoms with E-state index in [-0.39, 0.29) is 29.5 Å². The van der Waals surface area contributed by atoms with Crippen LogP contribution in [0.15, 0.2) is 42.5 Å². The Morgan fingerprint density at radius 2 is 1.71 bits per heavy atom. The molecule has 3 rings (SSSR count). The molecule has 2 amide bonds. The van der Waals surface area contributed by atoms with E-state index in [1.807, 2.05) is 0 Å². The molecule has 1 saturated heterocycles. The molecule has 148 valence electrons. The maximum Gasteiger partial charge on any atom is 0.253 e. The van der Waals surface area contributed by atoms with Crippen molar-refractivity contribution in [2.75, 3.05) is 13.1 Å². The zero-order valence-electron chi connectivity index (χ0n) is 15.5. The number of amides is 2. The minimum atomic E-state index is -0.707. The van der Waals surface area contributed by atoms with Gasteiger partial charge in [0.05, 0.1) is 0 Å². The highest BCUT2D eigenvalue weighted by Crippen LogP contribution is 2.32. The second kappa shape index (κ2) is 8.04. The van der Waals surface area contributed by atoms with Crippen LogP contribution >= 0.6 is 0 Å². The largest absolute Gasteiger partial charge is 0.351 e. The van der Waals surface area contributed by atoms with Crippen LogP contribution < -0.4 is 5.32 Å². The molecule has 0 atom stereocenters. The van der Waals surface area contributed by atoms with Gasteiger partial charge in [-0.15, -0.1) is 0 Å². The molecule has 7 heteroatoms. The lowest BCUT2D eigenvalue weighted by Gasteiger charge is -2.38. The molecule has 2 aromatic rings. The molecule has 1 fully saturated rings. The van der Waals surface area contributed by atoms with Crippen LogP contribution in [-0.2, 0) is 11.3 Å². The van der Waals surface area contributed by atoms with Gasteiger partial charge in [0.15, 0.2) is 0 Å². The number of likely N-dealkylation sites (tertiary alicyclic amines) is 1. The molecule has 1 heterocycles. The third kappa shape index (κ3) is 4.35. The third-order valence-corrected chi connectivity index (χ3v) is 5.23. The average Bonchev–Trinajstić information content (AvgIpc) is 2.67. The fraction of sp³-hybridized carbons (Fsp3) is 0.333. The Hall–Kier alpha value is -2.83. The first kappa shape index (κ1) is 19.9. The number of carbonyl (C=O) groups excluding carboxylic acids is 2. The van der Waals surface area contributed by atoms with E-state index in [1.54, 1.807) is 17.9 Å².